The zero-order chi connectivity index (χ0) is 30.0. The first kappa shape index (κ1) is 31.6. The van der Waals surface area contributed by atoms with Gasteiger partial charge in [-0.25, -0.2) is 17.5 Å². The Bertz CT molecular complexity index is 1430. The number of nitrogens with one attached hydrogen (secondary N) is 2. The van der Waals surface area contributed by atoms with Gasteiger partial charge in [0.25, 0.3) is 5.91 Å². The van der Waals surface area contributed by atoms with Crippen LogP contribution in [0.2, 0.25) is 0 Å². The first-order valence-corrected chi connectivity index (χ1v) is 16.1. The molecule has 1 atom stereocenters. The van der Waals surface area contributed by atoms with Crippen LogP contribution in [0, 0.1) is 5.82 Å². The fourth-order valence-corrected chi connectivity index (χ4v) is 6.02. The van der Waals surface area contributed by atoms with E-state index in [1.54, 1.807) is 30.3 Å². The van der Waals surface area contributed by atoms with E-state index < -0.39 is 22.0 Å². The highest BCUT2D eigenvalue weighted by Gasteiger charge is 2.23. The lowest BCUT2D eigenvalue weighted by molar-refractivity contribution is 0.0969. The van der Waals surface area contributed by atoms with Gasteiger partial charge in [-0.3, -0.25) is 4.79 Å². The molecule has 1 amide bonds. The summed E-state index contributed by atoms with van der Waals surface area (Å²) in [5.74, 6) is -1.13. The smallest absolute Gasteiger partial charge is 0.268 e. The lowest BCUT2D eigenvalue weighted by Gasteiger charge is -2.24. The highest BCUT2D eigenvalue weighted by Crippen LogP contribution is 2.31. The van der Waals surface area contributed by atoms with Gasteiger partial charge in [0.05, 0.1) is 23.5 Å². The first-order valence-electron chi connectivity index (χ1n) is 14.4. The zero-order valence-electron chi connectivity index (χ0n) is 23.6. The lowest BCUT2D eigenvalue weighted by Crippen LogP contribution is -2.33. The molecule has 0 heterocycles. The molecule has 1 aliphatic carbocycles. The highest BCUT2D eigenvalue weighted by atomic mass is 32.2. The average Bonchev–Trinajstić information content (AvgIpc) is 2.99. The summed E-state index contributed by atoms with van der Waals surface area (Å²) in [4.78, 5) is 13.0. The van der Waals surface area contributed by atoms with Crippen LogP contribution < -0.4 is 14.8 Å². The van der Waals surface area contributed by atoms with Gasteiger partial charge in [-0.15, -0.1) is 0 Å². The maximum atomic E-state index is 13.4. The van der Waals surface area contributed by atoms with Gasteiger partial charge in [-0.1, -0.05) is 48.9 Å². The van der Waals surface area contributed by atoms with Crippen LogP contribution in [0.1, 0.15) is 66.1 Å². The number of halogens is 1. The van der Waals surface area contributed by atoms with Crippen molar-refractivity contribution in [1.29, 1.82) is 0 Å². The fourth-order valence-electron chi connectivity index (χ4n) is 5.02. The van der Waals surface area contributed by atoms with Crippen LogP contribution in [0.5, 0.6) is 5.75 Å². The molecule has 0 spiro atoms. The summed E-state index contributed by atoms with van der Waals surface area (Å²) in [6.45, 7) is 0.666. The quantitative estimate of drug-likeness (QED) is 0.201. The van der Waals surface area contributed by atoms with Crippen LogP contribution in [0.25, 0.3) is 11.1 Å². The van der Waals surface area contributed by atoms with Crippen molar-refractivity contribution in [2.45, 2.75) is 57.2 Å². The average molecular weight is 599 g/mol. The Morgan fingerprint density at radius 3 is 2.45 bits per heavy atom. The van der Waals surface area contributed by atoms with Gasteiger partial charge >= 0.3 is 0 Å². The number of aliphatic hydroxyl groups is 2. The van der Waals surface area contributed by atoms with Gasteiger partial charge in [-0.05, 0) is 91.6 Å². The molecule has 1 fully saturated rings. The molecule has 226 valence electrons. The summed E-state index contributed by atoms with van der Waals surface area (Å²) in [5, 5.41) is 22.4. The molecule has 3 aromatic carbocycles. The van der Waals surface area contributed by atoms with Crippen molar-refractivity contribution >= 4 is 15.9 Å². The SMILES string of the molecule is O=C(NS(=O)(=O)CCCO)c1ccc(-c2ccc(CCNC[C@@H](O)c3cccc(F)c3)cc2)cc1OC1CCCCC1. The number of amides is 1. The number of sulfonamides is 1. The van der Waals surface area contributed by atoms with Gasteiger partial charge in [0.1, 0.15) is 11.6 Å². The van der Waals surface area contributed by atoms with Crippen LogP contribution >= 0.6 is 0 Å². The molecule has 4 N–H and O–H groups in total. The second-order valence-corrected chi connectivity index (χ2v) is 12.5. The molecule has 1 aliphatic rings. The maximum Gasteiger partial charge on any atom is 0.268 e. The molecule has 42 heavy (non-hydrogen) atoms. The van der Waals surface area contributed by atoms with Crippen molar-refractivity contribution in [1.82, 2.24) is 10.0 Å². The van der Waals surface area contributed by atoms with E-state index in [9.17, 15) is 22.7 Å². The minimum absolute atomic E-state index is 0.0376. The number of carbonyl (C=O) groups excluding carboxylic acids is 1. The summed E-state index contributed by atoms with van der Waals surface area (Å²) in [5.41, 5.74) is 3.53. The summed E-state index contributed by atoms with van der Waals surface area (Å²) < 4.78 is 46.3. The molecule has 0 radical (unpaired) electrons. The van der Waals surface area contributed by atoms with E-state index in [0.717, 1.165) is 55.2 Å². The predicted octanol–water partition coefficient (Wildman–Crippen LogP) is 4.51. The van der Waals surface area contributed by atoms with Crippen LogP contribution in [-0.2, 0) is 16.4 Å². The van der Waals surface area contributed by atoms with Crippen LogP contribution in [0.15, 0.2) is 66.7 Å². The highest BCUT2D eigenvalue weighted by molar-refractivity contribution is 7.90. The molecule has 0 bridgehead atoms. The molecule has 8 nitrogen and oxygen atoms in total. The number of rotatable bonds is 14. The number of ether oxygens (including phenoxy) is 1. The summed E-state index contributed by atoms with van der Waals surface area (Å²) in [7, 11) is -3.89. The third-order valence-electron chi connectivity index (χ3n) is 7.34. The van der Waals surface area contributed by atoms with E-state index in [1.165, 1.54) is 12.1 Å². The Morgan fingerprint density at radius 2 is 1.74 bits per heavy atom. The monoisotopic (exact) mass is 598 g/mol. The summed E-state index contributed by atoms with van der Waals surface area (Å²) in [6, 6.07) is 19.1. The lowest BCUT2D eigenvalue weighted by atomic mass is 9.97. The Hall–Kier alpha value is -3.31. The molecule has 0 aliphatic heterocycles. The van der Waals surface area contributed by atoms with E-state index in [4.69, 9.17) is 9.84 Å². The van der Waals surface area contributed by atoms with Crippen molar-refractivity contribution in [3.8, 4) is 16.9 Å². The Morgan fingerprint density at radius 1 is 1.00 bits per heavy atom. The van der Waals surface area contributed by atoms with Crippen molar-refractivity contribution in [2.75, 3.05) is 25.4 Å². The maximum absolute atomic E-state index is 13.4. The van der Waals surface area contributed by atoms with E-state index in [2.05, 4.69) is 10.0 Å². The fraction of sp³-hybridized carbons (Fsp3) is 0.406. The van der Waals surface area contributed by atoms with Crippen LogP contribution in [-0.4, -0.2) is 56.1 Å². The Balaban J connectivity index is 1.41. The van der Waals surface area contributed by atoms with Crippen LogP contribution in [0.3, 0.4) is 0 Å². The van der Waals surface area contributed by atoms with Crippen LogP contribution in [0.4, 0.5) is 4.39 Å². The third-order valence-corrected chi connectivity index (χ3v) is 8.66. The topological polar surface area (TPSA) is 125 Å². The molecule has 1 saturated carbocycles. The molecule has 3 aromatic rings. The predicted molar refractivity (Wildman–Crippen MR) is 160 cm³/mol. The second-order valence-electron chi connectivity index (χ2n) is 10.6. The molecule has 10 heteroatoms. The van der Waals surface area contributed by atoms with E-state index in [-0.39, 0.29) is 36.3 Å². The first-order chi connectivity index (χ1) is 20.2. The number of hydrogen-bond donors (Lipinski definition) is 4. The largest absolute Gasteiger partial charge is 0.490 e. The minimum atomic E-state index is -3.89. The van der Waals surface area contributed by atoms with Crippen molar-refractivity contribution < 1.29 is 32.6 Å². The number of benzene rings is 3. The molecule has 0 aromatic heterocycles. The number of aliphatic hydroxyl groups excluding tert-OH is 2. The molecule has 0 unspecified atom stereocenters. The van der Waals surface area contributed by atoms with Crippen molar-refractivity contribution in [3.63, 3.8) is 0 Å². The van der Waals surface area contributed by atoms with Gasteiger partial charge in [0.2, 0.25) is 10.0 Å². The molecular formula is C32H39FN2O6S. The van der Waals surface area contributed by atoms with Gasteiger partial charge in [0.15, 0.2) is 0 Å². The Labute approximate surface area is 247 Å². The molecule has 0 saturated heterocycles. The normalized spacial score (nSPS) is 14.8. The second kappa shape index (κ2) is 15.2. The third kappa shape index (κ3) is 9.35. The van der Waals surface area contributed by atoms with E-state index in [0.29, 0.717) is 24.4 Å². The Kier molecular flexibility index (Phi) is 11.5. The van der Waals surface area contributed by atoms with E-state index in [1.807, 2.05) is 24.3 Å². The van der Waals surface area contributed by atoms with Gasteiger partial charge in [-0.2, -0.15) is 0 Å². The van der Waals surface area contributed by atoms with Crippen molar-refractivity contribution in [2.24, 2.45) is 0 Å². The zero-order valence-corrected chi connectivity index (χ0v) is 24.4. The number of hydrogen-bond acceptors (Lipinski definition) is 7. The van der Waals surface area contributed by atoms with E-state index >= 15 is 0 Å². The standard InChI is InChI=1S/C32H39FN2O6S/c33-27-7-4-6-26(20-27)30(37)22-34-17-16-23-10-12-24(13-11-23)25-14-15-29(32(38)35-42(39,40)19-5-18-36)31(21-25)41-28-8-2-1-3-9-28/h4,6-7,10-15,20-21,28,30,34,36-37H,1-3,5,8-9,16-19,22H2,(H,35,38)/t30-/m1/s1. The number of carbonyl (C=O) groups is 1. The molecule has 4 rings (SSSR count). The van der Waals surface area contributed by atoms with Gasteiger partial charge < -0.3 is 20.3 Å². The summed E-state index contributed by atoms with van der Waals surface area (Å²) >= 11 is 0. The minimum Gasteiger partial charge on any atom is -0.490 e. The summed E-state index contributed by atoms with van der Waals surface area (Å²) in [6.07, 6.45) is 4.92. The van der Waals surface area contributed by atoms with Gasteiger partial charge in [0, 0.05) is 13.2 Å². The molecular weight excluding hydrogens is 559 g/mol. The van der Waals surface area contributed by atoms with Crippen molar-refractivity contribution in [3.05, 3.63) is 89.2 Å².